The number of anilines is 2. The minimum atomic E-state index is -1.13. The summed E-state index contributed by atoms with van der Waals surface area (Å²) in [4.78, 5) is 29.3. The Kier molecular flexibility index (Phi) is 6.26. The van der Waals surface area contributed by atoms with Gasteiger partial charge in [-0.25, -0.2) is 18.2 Å². The summed E-state index contributed by atoms with van der Waals surface area (Å²) in [6.07, 6.45) is 2.44. The SMILES string of the molecule is COc1ccc(-c2ccc(F)c(C(=O)Nc3cn[nH]c3C(=O)Nc3ccc(F)cc3)c2F)cn1. The number of hydrogen-bond donors (Lipinski definition) is 3. The van der Waals surface area contributed by atoms with E-state index in [1.54, 1.807) is 0 Å². The molecule has 172 valence electrons. The summed E-state index contributed by atoms with van der Waals surface area (Å²) in [6.45, 7) is 0. The number of benzene rings is 2. The second-order valence-corrected chi connectivity index (χ2v) is 6.95. The van der Waals surface area contributed by atoms with E-state index in [1.165, 1.54) is 43.6 Å². The van der Waals surface area contributed by atoms with E-state index in [2.05, 4.69) is 25.8 Å². The summed E-state index contributed by atoms with van der Waals surface area (Å²) in [6, 6.07) is 10.1. The molecule has 34 heavy (non-hydrogen) atoms. The molecule has 11 heteroatoms. The van der Waals surface area contributed by atoms with Gasteiger partial charge in [0.1, 0.15) is 28.7 Å². The molecule has 0 unspecified atom stereocenters. The Morgan fingerprint density at radius 1 is 0.912 bits per heavy atom. The van der Waals surface area contributed by atoms with Gasteiger partial charge in [0.05, 0.1) is 19.0 Å². The molecule has 0 aliphatic carbocycles. The van der Waals surface area contributed by atoms with Crippen LogP contribution in [0.3, 0.4) is 0 Å². The molecule has 8 nitrogen and oxygen atoms in total. The van der Waals surface area contributed by atoms with Gasteiger partial charge in [0.15, 0.2) is 0 Å². The largest absolute Gasteiger partial charge is 0.481 e. The van der Waals surface area contributed by atoms with Gasteiger partial charge in [-0.15, -0.1) is 0 Å². The molecule has 0 radical (unpaired) electrons. The number of aromatic amines is 1. The zero-order valence-corrected chi connectivity index (χ0v) is 17.5. The van der Waals surface area contributed by atoms with Crippen molar-refractivity contribution in [2.24, 2.45) is 0 Å². The second-order valence-electron chi connectivity index (χ2n) is 6.95. The maximum absolute atomic E-state index is 15.2. The first-order valence-corrected chi connectivity index (χ1v) is 9.77. The molecular weight excluding hydrogens is 451 g/mol. The van der Waals surface area contributed by atoms with Gasteiger partial charge >= 0.3 is 0 Å². The average Bonchev–Trinajstić information content (AvgIpc) is 3.29. The van der Waals surface area contributed by atoms with Crippen LogP contribution in [0.2, 0.25) is 0 Å². The molecule has 3 N–H and O–H groups in total. The molecule has 2 aromatic heterocycles. The number of halogens is 3. The van der Waals surface area contributed by atoms with Gasteiger partial charge < -0.3 is 15.4 Å². The molecule has 0 saturated carbocycles. The maximum atomic E-state index is 15.2. The van der Waals surface area contributed by atoms with Crippen LogP contribution in [0.25, 0.3) is 11.1 Å². The Labute approximate surface area is 190 Å². The molecule has 2 aromatic carbocycles. The van der Waals surface area contributed by atoms with Crippen molar-refractivity contribution in [3.05, 3.63) is 89.6 Å². The molecule has 0 saturated heterocycles. The quantitative estimate of drug-likeness (QED) is 0.390. The smallest absolute Gasteiger partial charge is 0.275 e. The highest BCUT2D eigenvalue weighted by Gasteiger charge is 2.24. The molecular formula is C23H16F3N5O3. The van der Waals surface area contributed by atoms with Crippen LogP contribution in [0, 0.1) is 17.5 Å². The van der Waals surface area contributed by atoms with Crippen molar-refractivity contribution in [1.29, 1.82) is 0 Å². The van der Waals surface area contributed by atoms with Crippen LogP contribution in [-0.4, -0.2) is 34.1 Å². The van der Waals surface area contributed by atoms with Crippen LogP contribution >= 0.6 is 0 Å². The average molecular weight is 467 g/mol. The molecule has 4 rings (SSSR count). The normalized spacial score (nSPS) is 10.6. The van der Waals surface area contributed by atoms with Gasteiger partial charge in [0.2, 0.25) is 5.88 Å². The van der Waals surface area contributed by atoms with E-state index in [-0.39, 0.29) is 22.6 Å². The summed E-state index contributed by atoms with van der Waals surface area (Å²) in [5.41, 5.74) is -0.595. The fraction of sp³-hybridized carbons (Fsp3) is 0.0435. The van der Waals surface area contributed by atoms with Gasteiger partial charge in [0, 0.05) is 29.1 Å². The van der Waals surface area contributed by atoms with Crippen molar-refractivity contribution in [3.63, 3.8) is 0 Å². The Morgan fingerprint density at radius 2 is 1.68 bits per heavy atom. The third kappa shape index (κ3) is 4.58. The summed E-state index contributed by atoms with van der Waals surface area (Å²) in [5.74, 6) is -4.22. The second kappa shape index (κ2) is 9.45. The highest BCUT2D eigenvalue weighted by atomic mass is 19.1. The van der Waals surface area contributed by atoms with Gasteiger partial charge in [-0.2, -0.15) is 5.10 Å². The van der Waals surface area contributed by atoms with Gasteiger partial charge in [-0.05, 0) is 42.5 Å². The Morgan fingerprint density at radius 3 is 2.35 bits per heavy atom. The fourth-order valence-electron chi connectivity index (χ4n) is 3.11. The fourth-order valence-corrected chi connectivity index (χ4v) is 3.11. The molecule has 4 aromatic rings. The number of nitrogens with zero attached hydrogens (tertiary/aromatic N) is 2. The van der Waals surface area contributed by atoms with Crippen molar-refractivity contribution < 1.29 is 27.5 Å². The highest BCUT2D eigenvalue weighted by molar-refractivity contribution is 6.11. The number of rotatable bonds is 6. The molecule has 0 atom stereocenters. The number of pyridine rings is 1. The first-order valence-electron chi connectivity index (χ1n) is 9.77. The molecule has 0 bridgehead atoms. The number of amides is 2. The lowest BCUT2D eigenvalue weighted by atomic mass is 10.0. The minimum Gasteiger partial charge on any atom is -0.481 e. The van der Waals surface area contributed by atoms with E-state index in [0.29, 0.717) is 11.4 Å². The minimum absolute atomic E-state index is 0.0526. The number of ether oxygens (including phenoxy) is 1. The predicted molar refractivity (Wildman–Crippen MR) is 117 cm³/mol. The van der Waals surface area contributed by atoms with E-state index in [4.69, 9.17) is 4.74 Å². The first-order chi connectivity index (χ1) is 16.4. The summed E-state index contributed by atoms with van der Waals surface area (Å²) in [7, 11) is 1.42. The summed E-state index contributed by atoms with van der Waals surface area (Å²) >= 11 is 0. The highest BCUT2D eigenvalue weighted by Crippen LogP contribution is 2.28. The number of carbonyl (C=O) groups is 2. The molecule has 0 fully saturated rings. The summed E-state index contributed by atoms with van der Waals surface area (Å²) in [5, 5.41) is 10.9. The zero-order valence-electron chi connectivity index (χ0n) is 17.5. The third-order valence-corrected chi connectivity index (χ3v) is 4.79. The van der Waals surface area contributed by atoms with Gasteiger partial charge in [-0.1, -0.05) is 0 Å². The lowest BCUT2D eigenvalue weighted by Gasteiger charge is -2.11. The molecule has 0 spiro atoms. The van der Waals surface area contributed by atoms with E-state index >= 15 is 4.39 Å². The number of hydrogen-bond acceptors (Lipinski definition) is 5. The molecule has 2 amide bonds. The van der Waals surface area contributed by atoms with E-state index in [1.807, 2.05) is 0 Å². The Balaban J connectivity index is 1.58. The van der Waals surface area contributed by atoms with E-state index in [0.717, 1.165) is 24.4 Å². The van der Waals surface area contributed by atoms with Crippen LogP contribution in [0.5, 0.6) is 5.88 Å². The first kappa shape index (κ1) is 22.5. The van der Waals surface area contributed by atoms with Crippen LogP contribution in [0.15, 0.2) is 60.9 Å². The van der Waals surface area contributed by atoms with Crippen molar-refractivity contribution >= 4 is 23.2 Å². The standard InChI is InChI=1S/C23H16F3N5O3/c1-34-18-9-2-12(10-27-18)15-7-8-16(25)19(20(15)26)22(32)30-17-11-28-31-21(17)23(33)29-14-5-3-13(24)4-6-14/h2-11H,1H3,(H,28,31)(H,29,33)(H,30,32). The molecule has 2 heterocycles. The molecule has 0 aliphatic heterocycles. The number of nitrogens with one attached hydrogen (secondary N) is 3. The van der Waals surface area contributed by atoms with E-state index < -0.39 is 34.8 Å². The van der Waals surface area contributed by atoms with Crippen LogP contribution < -0.4 is 15.4 Å². The lowest BCUT2D eigenvalue weighted by Crippen LogP contribution is -2.20. The summed E-state index contributed by atoms with van der Waals surface area (Å²) < 4.78 is 47.6. The van der Waals surface area contributed by atoms with Crippen molar-refractivity contribution in [2.45, 2.75) is 0 Å². The van der Waals surface area contributed by atoms with E-state index in [9.17, 15) is 18.4 Å². The topological polar surface area (TPSA) is 109 Å². The van der Waals surface area contributed by atoms with Crippen molar-refractivity contribution in [3.8, 4) is 17.0 Å². The van der Waals surface area contributed by atoms with Crippen LogP contribution in [0.1, 0.15) is 20.8 Å². The predicted octanol–water partition coefficient (Wildman–Crippen LogP) is 4.40. The van der Waals surface area contributed by atoms with Crippen molar-refractivity contribution in [2.75, 3.05) is 17.7 Å². The Bertz CT molecular complexity index is 1360. The number of carbonyl (C=O) groups excluding carboxylic acids is 2. The number of aromatic nitrogens is 3. The number of H-pyrrole nitrogens is 1. The van der Waals surface area contributed by atoms with Crippen LogP contribution in [-0.2, 0) is 0 Å². The van der Waals surface area contributed by atoms with Crippen molar-refractivity contribution in [1.82, 2.24) is 15.2 Å². The van der Waals surface area contributed by atoms with Crippen LogP contribution in [0.4, 0.5) is 24.5 Å². The zero-order chi connectivity index (χ0) is 24.2. The van der Waals surface area contributed by atoms with Gasteiger partial charge in [-0.3, -0.25) is 14.7 Å². The maximum Gasteiger partial charge on any atom is 0.275 e. The monoisotopic (exact) mass is 467 g/mol. The molecule has 0 aliphatic rings. The lowest BCUT2D eigenvalue weighted by molar-refractivity contribution is 0.101. The number of methoxy groups -OCH3 is 1. The van der Waals surface area contributed by atoms with Gasteiger partial charge in [0.25, 0.3) is 11.8 Å². The Hall–Kier alpha value is -4.67. The third-order valence-electron chi connectivity index (χ3n) is 4.79.